The molecule has 1 fully saturated rings. The lowest BCUT2D eigenvalue weighted by molar-refractivity contribution is -0.384. The van der Waals surface area contributed by atoms with Crippen LogP contribution in [0.15, 0.2) is 18.2 Å². The van der Waals surface area contributed by atoms with Gasteiger partial charge in [0.05, 0.1) is 12.0 Å². The van der Waals surface area contributed by atoms with Gasteiger partial charge in [0.1, 0.15) is 11.8 Å². The lowest BCUT2D eigenvalue weighted by Gasteiger charge is -2.21. The van der Waals surface area contributed by atoms with Crippen LogP contribution in [-0.4, -0.2) is 40.6 Å². The van der Waals surface area contributed by atoms with Crippen LogP contribution in [0, 0.1) is 10.1 Å². The van der Waals surface area contributed by atoms with Gasteiger partial charge in [0.2, 0.25) is 0 Å². The standard InChI is InChI=1S/C13H16N2O5.ClH/c1-20-12-5-4-10(15(18)19)7-9(12)8-14-6-2-3-11(14)13(16)17;/h4-5,7,11H,2-3,6,8H2,1H3,(H,16,17);1H/t11-;/m0./s1. The van der Waals surface area contributed by atoms with Crippen molar-refractivity contribution < 1.29 is 19.6 Å². The third-order valence-electron chi connectivity index (χ3n) is 3.50. The van der Waals surface area contributed by atoms with Gasteiger partial charge in [-0.25, -0.2) is 0 Å². The van der Waals surface area contributed by atoms with Gasteiger partial charge in [-0.3, -0.25) is 19.8 Å². The molecule has 0 spiro atoms. The molecule has 2 rings (SSSR count). The maximum Gasteiger partial charge on any atom is 0.320 e. The van der Waals surface area contributed by atoms with E-state index in [9.17, 15) is 14.9 Å². The van der Waals surface area contributed by atoms with Crippen molar-refractivity contribution >= 4 is 24.1 Å². The summed E-state index contributed by atoms with van der Waals surface area (Å²) in [5.41, 5.74) is 0.613. The van der Waals surface area contributed by atoms with Crippen molar-refractivity contribution in [2.24, 2.45) is 0 Å². The Labute approximate surface area is 128 Å². The summed E-state index contributed by atoms with van der Waals surface area (Å²) in [5.74, 6) is -0.321. The summed E-state index contributed by atoms with van der Waals surface area (Å²) in [5, 5.41) is 20.0. The average molecular weight is 317 g/mol. The average Bonchev–Trinajstić information content (AvgIpc) is 2.87. The highest BCUT2D eigenvalue weighted by atomic mass is 35.5. The zero-order chi connectivity index (χ0) is 14.7. The zero-order valence-corrected chi connectivity index (χ0v) is 12.3. The van der Waals surface area contributed by atoms with E-state index in [1.54, 1.807) is 6.07 Å². The van der Waals surface area contributed by atoms with E-state index in [1.165, 1.54) is 19.2 Å². The Morgan fingerprint density at radius 3 is 2.86 bits per heavy atom. The maximum absolute atomic E-state index is 11.2. The molecule has 116 valence electrons. The highest BCUT2D eigenvalue weighted by Gasteiger charge is 2.31. The van der Waals surface area contributed by atoms with Crippen LogP contribution in [0.3, 0.4) is 0 Å². The second-order valence-electron chi connectivity index (χ2n) is 4.72. The van der Waals surface area contributed by atoms with Gasteiger partial charge in [0, 0.05) is 24.2 Å². The van der Waals surface area contributed by atoms with Gasteiger partial charge in [0.25, 0.3) is 5.69 Å². The van der Waals surface area contributed by atoms with Crippen molar-refractivity contribution in [3.63, 3.8) is 0 Å². The van der Waals surface area contributed by atoms with Gasteiger partial charge in [-0.05, 0) is 25.5 Å². The molecule has 21 heavy (non-hydrogen) atoms. The van der Waals surface area contributed by atoms with Crippen LogP contribution >= 0.6 is 12.4 Å². The van der Waals surface area contributed by atoms with Gasteiger partial charge in [0.15, 0.2) is 0 Å². The summed E-state index contributed by atoms with van der Waals surface area (Å²) in [4.78, 5) is 23.3. The van der Waals surface area contributed by atoms with Crippen LogP contribution in [0.25, 0.3) is 0 Å². The maximum atomic E-state index is 11.2. The van der Waals surface area contributed by atoms with E-state index in [2.05, 4.69) is 0 Å². The van der Waals surface area contributed by atoms with Gasteiger partial charge in [-0.1, -0.05) is 0 Å². The summed E-state index contributed by atoms with van der Waals surface area (Å²) >= 11 is 0. The Kier molecular flexibility index (Phi) is 5.92. The van der Waals surface area contributed by atoms with Crippen LogP contribution in [0.1, 0.15) is 18.4 Å². The second-order valence-corrected chi connectivity index (χ2v) is 4.72. The second kappa shape index (κ2) is 7.24. The van der Waals surface area contributed by atoms with Crippen LogP contribution in [0.5, 0.6) is 5.75 Å². The monoisotopic (exact) mass is 316 g/mol. The molecule has 0 bridgehead atoms. The molecule has 0 radical (unpaired) electrons. The molecule has 1 saturated heterocycles. The molecule has 0 unspecified atom stereocenters. The molecular formula is C13H17ClN2O5. The quantitative estimate of drug-likeness (QED) is 0.660. The van der Waals surface area contributed by atoms with Crippen molar-refractivity contribution in [3.05, 3.63) is 33.9 Å². The number of hydrogen-bond acceptors (Lipinski definition) is 5. The number of carboxylic acids is 1. The SMILES string of the molecule is COc1ccc([N+](=O)[O-])cc1CN1CCC[C@H]1C(=O)O.Cl. The van der Waals surface area contributed by atoms with Crippen molar-refractivity contribution in [1.82, 2.24) is 4.90 Å². The minimum Gasteiger partial charge on any atom is -0.496 e. The number of non-ortho nitro benzene ring substituents is 1. The van der Waals surface area contributed by atoms with E-state index in [-0.39, 0.29) is 18.1 Å². The lowest BCUT2D eigenvalue weighted by atomic mass is 10.1. The fourth-order valence-corrected chi connectivity index (χ4v) is 2.52. The molecule has 1 aromatic carbocycles. The van der Waals surface area contributed by atoms with Crippen LogP contribution in [0.2, 0.25) is 0 Å². The number of rotatable bonds is 5. The van der Waals surface area contributed by atoms with Crippen molar-refractivity contribution in [2.45, 2.75) is 25.4 Å². The number of carbonyl (C=O) groups is 1. The summed E-state index contributed by atoms with van der Waals surface area (Å²) < 4.78 is 5.19. The Morgan fingerprint density at radius 1 is 1.57 bits per heavy atom. The Bertz CT molecular complexity index is 537. The molecule has 1 heterocycles. The molecule has 1 N–H and O–H groups in total. The molecule has 1 aromatic rings. The van der Waals surface area contributed by atoms with E-state index in [1.807, 2.05) is 4.90 Å². The molecule has 0 amide bonds. The number of benzene rings is 1. The van der Waals surface area contributed by atoms with E-state index in [0.29, 0.717) is 30.8 Å². The predicted octanol–water partition coefficient (Wildman–Crippen LogP) is 2.07. The van der Waals surface area contributed by atoms with Crippen molar-refractivity contribution in [3.8, 4) is 5.75 Å². The number of nitrogens with zero attached hydrogens (tertiary/aromatic N) is 2. The first-order chi connectivity index (χ1) is 9.52. The fraction of sp³-hybridized carbons (Fsp3) is 0.462. The van der Waals surface area contributed by atoms with E-state index < -0.39 is 16.9 Å². The number of methoxy groups -OCH3 is 1. The third kappa shape index (κ3) is 3.83. The number of nitro benzene ring substituents is 1. The molecule has 0 saturated carbocycles. The number of aliphatic carboxylic acids is 1. The molecule has 1 atom stereocenters. The zero-order valence-electron chi connectivity index (χ0n) is 11.5. The molecule has 7 nitrogen and oxygen atoms in total. The Hall–Kier alpha value is -1.86. The van der Waals surface area contributed by atoms with Gasteiger partial charge in [-0.2, -0.15) is 0 Å². The highest BCUT2D eigenvalue weighted by molar-refractivity contribution is 5.85. The van der Waals surface area contributed by atoms with Gasteiger partial charge < -0.3 is 9.84 Å². The number of nitro groups is 1. The van der Waals surface area contributed by atoms with Gasteiger partial charge in [-0.15, -0.1) is 12.4 Å². The Balaban J connectivity index is 0.00000220. The van der Waals surface area contributed by atoms with Crippen LogP contribution in [-0.2, 0) is 11.3 Å². The van der Waals surface area contributed by atoms with E-state index >= 15 is 0 Å². The Morgan fingerprint density at radius 2 is 2.29 bits per heavy atom. The number of likely N-dealkylation sites (tertiary alicyclic amines) is 1. The minimum absolute atomic E-state index is 0. The largest absolute Gasteiger partial charge is 0.496 e. The summed E-state index contributed by atoms with van der Waals surface area (Å²) in [7, 11) is 1.49. The third-order valence-corrected chi connectivity index (χ3v) is 3.50. The number of halogens is 1. The number of ether oxygens (including phenoxy) is 1. The summed E-state index contributed by atoms with van der Waals surface area (Å²) in [6, 6.07) is 3.83. The first-order valence-corrected chi connectivity index (χ1v) is 6.31. The molecule has 1 aliphatic rings. The summed E-state index contributed by atoms with van der Waals surface area (Å²) in [6.07, 6.45) is 1.42. The minimum atomic E-state index is -0.855. The van der Waals surface area contributed by atoms with E-state index in [0.717, 1.165) is 6.42 Å². The first kappa shape index (κ1) is 17.2. The topological polar surface area (TPSA) is 92.9 Å². The molecule has 1 aliphatic heterocycles. The fourth-order valence-electron chi connectivity index (χ4n) is 2.52. The van der Waals surface area contributed by atoms with Crippen molar-refractivity contribution in [1.29, 1.82) is 0 Å². The molecule has 8 heteroatoms. The predicted molar refractivity (Wildman–Crippen MR) is 78.0 cm³/mol. The van der Waals surface area contributed by atoms with Crippen molar-refractivity contribution in [2.75, 3.05) is 13.7 Å². The van der Waals surface area contributed by atoms with Crippen LogP contribution < -0.4 is 4.74 Å². The lowest BCUT2D eigenvalue weighted by Crippen LogP contribution is -2.35. The number of hydrogen-bond donors (Lipinski definition) is 1. The van der Waals surface area contributed by atoms with Gasteiger partial charge >= 0.3 is 5.97 Å². The summed E-state index contributed by atoms with van der Waals surface area (Å²) in [6.45, 7) is 1.00. The highest BCUT2D eigenvalue weighted by Crippen LogP contribution is 2.28. The normalized spacial score (nSPS) is 18.0. The van der Waals surface area contributed by atoms with Crippen LogP contribution in [0.4, 0.5) is 5.69 Å². The molecule has 0 aromatic heterocycles. The van der Waals surface area contributed by atoms with E-state index in [4.69, 9.17) is 9.84 Å². The first-order valence-electron chi connectivity index (χ1n) is 6.31. The molecule has 0 aliphatic carbocycles. The number of carboxylic acid groups (broad SMARTS) is 1. The molecular weight excluding hydrogens is 300 g/mol. The smallest absolute Gasteiger partial charge is 0.320 e.